The Kier molecular flexibility index (Phi) is 11.7. The Bertz CT molecular complexity index is 1670. The van der Waals surface area contributed by atoms with Gasteiger partial charge >= 0.3 is 31.8 Å². The van der Waals surface area contributed by atoms with Crippen molar-refractivity contribution in [1.82, 2.24) is 30.4 Å². The molecule has 0 saturated carbocycles. The summed E-state index contributed by atoms with van der Waals surface area (Å²) in [5.74, 6) is -1.14. The van der Waals surface area contributed by atoms with Crippen molar-refractivity contribution in [2.75, 3.05) is 0 Å². The van der Waals surface area contributed by atoms with Crippen LogP contribution in [0, 0.1) is 11.6 Å². The summed E-state index contributed by atoms with van der Waals surface area (Å²) in [4.78, 5) is 7.79. The van der Waals surface area contributed by atoms with Gasteiger partial charge in [-0.3, -0.25) is 20.2 Å². The van der Waals surface area contributed by atoms with Gasteiger partial charge in [-0.05, 0) is 42.5 Å². The minimum Gasteiger partial charge on any atom is -0.273 e. The van der Waals surface area contributed by atoms with Crippen LogP contribution in [0.1, 0.15) is 11.4 Å². The molecule has 1 radical (unpaired) electrons. The SMILES string of the molecule is FC(F)(F)c1cc(-c2ccccn2)n[nH]1.FC(F)(F)c1cc(-c2ccccn2)n[nH]1.Fc1ccc(-[n+]2ccccc2)c(F)c1.[Ru+3]. The number of hydrogen-bond acceptors (Lipinski definition) is 4. The molecule has 0 spiro atoms. The van der Waals surface area contributed by atoms with Crippen molar-refractivity contribution < 1.29 is 59.2 Å². The molecule has 6 aromatic rings. The van der Waals surface area contributed by atoms with Gasteiger partial charge in [0, 0.05) is 36.7 Å². The van der Waals surface area contributed by atoms with Gasteiger partial charge in [-0.1, -0.05) is 18.2 Å². The molecule has 6 rings (SSSR count). The average Bonchev–Trinajstić information content (AvgIpc) is 3.71. The Morgan fingerprint density at radius 3 is 1.42 bits per heavy atom. The summed E-state index contributed by atoms with van der Waals surface area (Å²) in [6.45, 7) is 0. The molecular weight excluding hydrogens is 699 g/mol. The molecule has 5 aromatic heterocycles. The molecule has 0 aliphatic rings. The number of rotatable bonds is 3. The van der Waals surface area contributed by atoms with Crippen LogP contribution in [0.4, 0.5) is 35.1 Å². The van der Waals surface area contributed by atoms with Crippen molar-refractivity contribution in [2.45, 2.75) is 12.4 Å². The maximum absolute atomic E-state index is 13.3. The fraction of sp³-hybridized carbons (Fsp3) is 0.0690. The summed E-state index contributed by atoms with van der Waals surface area (Å²) in [6.07, 6.45) is -2.40. The molecule has 2 N–H and O–H groups in total. The second kappa shape index (κ2) is 15.2. The first kappa shape index (κ1) is 34.6. The summed E-state index contributed by atoms with van der Waals surface area (Å²) >= 11 is 0. The van der Waals surface area contributed by atoms with Crippen LogP contribution < -0.4 is 4.57 Å². The quantitative estimate of drug-likeness (QED) is 0.115. The molecule has 0 saturated heterocycles. The third-order valence-corrected chi connectivity index (χ3v) is 5.52. The zero-order valence-electron chi connectivity index (χ0n) is 22.5. The van der Waals surface area contributed by atoms with Crippen molar-refractivity contribution in [1.29, 1.82) is 0 Å². The van der Waals surface area contributed by atoms with E-state index in [2.05, 4.69) is 20.2 Å². The van der Waals surface area contributed by atoms with Gasteiger partial charge in [0.05, 0.1) is 11.4 Å². The fourth-order valence-corrected chi connectivity index (χ4v) is 3.47. The molecule has 0 atom stereocenters. The van der Waals surface area contributed by atoms with Gasteiger partial charge in [0.1, 0.15) is 28.6 Å². The molecule has 0 amide bonds. The Morgan fingerprint density at radius 2 is 1.04 bits per heavy atom. The number of alkyl halides is 6. The molecule has 0 bridgehead atoms. The number of nitrogens with one attached hydrogen (secondary N) is 2. The normalized spacial score (nSPS) is 10.9. The molecule has 45 heavy (non-hydrogen) atoms. The molecule has 16 heteroatoms. The van der Waals surface area contributed by atoms with E-state index in [0.717, 1.165) is 18.2 Å². The summed E-state index contributed by atoms with van der Waals surface area (Å²) < 4.78 is 101. The minimum absolute atomic E-state index is 0. The second-order valence-electron chi connectivity index (χ2n) is 8.64. The first-order valence-corrected chi connectivity index (χ1v) is 12.4. The predicted octanol–water partition coefficient (Wildman–Crippen LogP) is 7.22. The molecule has 5 heterocycles. The maximum Gasteiger partial charge on any atom is 3.00 e. The van der Waals surface area contributed by atoms with E-state index in [4.69, 9.17) is 0 Å². The number of halogens is 8. The zero-order chi connectivity index (χ0) is 31.7. The topological polar surface area (TPSA) is 87.0 Å². The van der Waals surface area contributed by atoms with Gasteiger partial charge < -0.3 is 0 Å². The van der Waals surface area contributed by atoms with Crippen LogP contribution in [0.25, 0.3) is 28.5 Å². The van der Waals surface area contributed by atoms with Crippen molar-refractivity contribution in [2.24, 2.45) is 0 Å². The summed E-state index contributed by atoms with van der Waals surface area (Å²) in [6, 6.07) is 20.7. The first-order valence-electron chi connectivity index (χ1n) is 12.4. The zero-order valence-corrected chi connectivity index (χ0v) is 24.2. The Balaban J connectivity index is 0.000000182. The number of aromatic nitrogens is 7. The number of hydrogen-bond donors (Lipinski definition) is 2. The van der Waals surface area contributed by atoms with Crippen LogP contribution in [-0.2, 0) is 31.8 Å². The van der Waals surface area contributed by atoms with E-state index >= 15 is 0 Å². The van der Waals surface area contributed by atoms with Crippen molar-refractivity contribution >= 4 is 0 Å². The summed E-state index contributed by atoms with van der Waals surface area (Å²) in [5, 5.41) is 10.9. The third kappa shape index (κ3) is 9.83. The van der Waals surface area contributed by atoms with Crippen molar-refractivity contribution in [3.63, 3.8) is 0 Å². The molecule has 1 aromatic carbocycles. The van der Waals surface area contributed by atoms with E-state index in [1.165, 1.54) is 24.5 Å². The summed E-state index contributed by atoms with van der Waals surface area (Å²) in [7, 11) is 0. The number of benzene rings is 1. The molecule has 7 nitrogen and oxygen atoms in total. The van der Waals surface area contributed by atoms with E-state index < -0.39 is 35.4 Å². The Labute approximate surface area is 262 Å². The fourth-order valence-electron chi connectivity index (χ4n) is 3.47. The van der Waals surface area contributed by atoms with Crippen LogP contribution in [-0.4, -0.2) is 30.4 Å². The van der Waals surface area contributed by atoms with Gasteiger partial charge in [0.2, 0.25) is 5.69 Å². The van der Waals surface area contributed by atoms with Gasteiger partial charge in [0.25, 0.3) is 0 Å². The predicted molar refractivity (Wildman–Crippen MR) is 142 cm³/mol. The van der Waals surface area contributed by atoms with E-state index in [1.54, 1.807) is 65.5 Å². The molecule has 0 fully saturated rings. The van der Waals surface area contributed by atoms with Crippen LogP contribution in [0.3, 0.4) is 0 Å². The Morgan fingerprint density at radius 1 is 0.556 bits per heavy atom. The standard InChI is InChI=1S/C11H8F2N.2C9H6F3N3.Ru/c12-9-4-5-11(10(13)8-9)14-6-2-1-3-7-14;2*10-9(11,12)8-5-7(14-15-8)6-3-1-2-4-13-6;/h1-8H;2*1-5H,(H,14,15);/q+1;;;+3. The molecule has 231 valence electrons. The third-order valence-electron chi connectivity index (χ3n) is 5.52. The summed E-state index contributed by atoms with van der Waals surface area (Å²) in [5.41, 5.74) is -0.224. The number of aromatic amines is 2. The molecular formula is C29H20F8N7Ru+4. The largest absolute Gasteiger partial charge is 3.00 e. The van der Waals surface area contributed by atoms with Gasteiger partial charge in [-0.25, -0.2) is 4.39 Å². The first-order chi connectivity index (χ1) is 20.9. The second-order valence-corrected chi connectivity index (χ2v) is 8.64. The van der Waals surface area contributed by atoms with Crippen LogP contribution >= 0.6 is 0 Å². The monoisotopic (exact) mass is 720 g/mol. The van der Waals surface area contributed by atoms with Crippen LogP contribution in [0.5, 0.6) is 0 Å². The van der Waals surface area contributed by atoms with Crippen molar-refractivity contribution in [3.05, 3.63) is 133 Å². The van der Waals surface area contributed by atoms with Crippen LogP contribution in [0.15, 0.2) is 110 Å². The van der Waals surface area contributed by atoms with Gasteiger partial charge in [0.15, 0.2) is 18.2 Å². The van der Waals surface area contributed by atoms with Crippen molar-refractivity contribution in [3.8, 4) is 28.5 Å². The smallest absolute Gasteiger partial charge is 0.273 e. The minimum atomic E-state index is -4.40. The van der Waals surface area contributed by atoms with Gasteiger partial charge in [-0.2, -0.15) is 45.5 Å². The van der Waals surface area contributed by atoms with Crippen LogP contribution in [0.2, 0.25) is 0 Å². The molecule has 0 aliphatic carbocycles. The number of H-pyrrole nitrogens is 2. The Hall–Kier alpha value is -4.85. The van der Waals surface area contributed by atoms with E-state index in [-0.39, 0.29) is 30.9 Å². The van der Waals surface area contributed by atoms with E-state index in [1.807, 2.05) is 16.3 Å². The molecule has 0 unspecified atom stereocenters. The number of nitrogens with zero attached hydrogens (tertiary/aromatic N) is 5. The molecule has 0 aliphatic heterocycles. The average molecular weight is 720 g/mol. The van der Waals surface area contributed by atoms with E-state index in [0.29, 0.717) is 17.1 Å². The maximum atomic E-state index is 13.3. The van der Waals surface area contributed by atoms with E-state index in [9.17, 15) is 35.1 Å². The van der Waals surface area contributed by atoms with Gasteiger partial charge in [-0.15, -0.1) is 0 Å². The number of pyridine rings is 3.